The summed E-state index contributed by atoms with van der Waals surface area (Å²) in [4.78, 5) is 14.6. The fourth-order valence-electron chi connectivity index (χ4n) is 0.697. The first-order valence-corrected chi connectivity index (χ1v) is 5.64. The average molecular weight is 217 g/mol. The molecule has 0 bridgehead atoms. The van der Waals surface area contributed by atoms with E-state index in [0.29, 0.717) is 6.42 Å². The van der Waals surface area contributed by atoms with E-state index in [-0.39, 0.29) is 0 Å². The summed E-state index contributed by atoms with van der Waals surface area (Å²) in [6, 6.07) is -0.535. The Labute approximate surface area is 84.7 Å². The molecule has 0 saturated carbocycles. The highest BCUT2D eigenvalue weighted by Crippen LogP contribution is 2.20. The molecule has 1 unspecified atom stereocenters. The van der Waals surface area contributed by atoms with Gasteiger partial charge in [0.25, 0.3) is 0 Å². The van der Waals surface area contributed by atoms with Gasteiger partial charge in [-0.15, -0.1) is 11.3 Å². The van der Waals surface area contributed by atoms with Crippen LogP contribution in [0.4, 0.5) is 0 Å². The molecular formula is C7H11N3OS2. The van der Waals surface area contributed by atoms with Crippen LogP contribution in [0.25, 0.3) is 0 Å². The molecule has 13 heavy (non-hydrogen) atoms. The molecule has 1 rings (SSSR count). The minimum atomic E-state index is -0.535. The molecule has 1 atom stereocenters. The summed E-state index contributed by atoms with van der Waals surface area (Å²) >= 11 is 3.17. The van der Waals surface area contributed by atoms with Crippen molar-refractivity contribution in [3.05, 3.63) is 11.6 Å². The van der Waals surface area contributed by atoms with Crippen molar-refractivity contribution in [2.75, 3.05) is 5.75 Å². The van der Waals surface area contributed by atoms with Gasteiger partial charge in [-0.05, 0) is 6.42 Å². The number of carbonyl (C=O) groups excluding carboxylic acids is 1. The Morgan fingerprint density at radius 1 is 1.77 bits per heavy atom. The third-order valence-electron chi connectivity index (χ3n) is 1.43. The second kappa shape index (κ2) is 5.21. The van der Waals surface area contributed by atoms with E-state index in [2.05, 4.69) is 4.98 Å². The number of rotatable bonds is 5. The molecule has 1 aromatic rings. The Hall–Kier alpha value is -0.590. The number of thioether (sulfide) groups is 1. The lowest BCUT2D eigenvalue weighted by atomic mass is 10.2. The van der Waals surface area contributed by atoms with Gasteiger partial charge in [0.1, 0.15) is 4.34 Å². The first-order valence-electron chi connectivity index (χ1n) is 3.77. The molecule has 1 amide bonds. The first-order chi connectivity index (χ1) is 6.20. The van der Waals surface area contributed by atoms with Crippen molar-refractivity contribution in [3.63, 3.8) is 0 Å². The van der Waals surface area contributed by atoms with Gasteiger partial charge >= 0.3 is 0 Å². The van der Waals surface area contributed by atoms with Crippen LogP contribution in [-0.4, -0.2) is 22.7 Å². The van der Waals surface area contributed by atoms with Gasteiger partial charge in [0, 0.05) is 17.3 Å². The number of nitrogens with zero attached hydrogens (tertiary/aromatic N) is 1. The van der Waals surface area contributed by atoms with Gasteiger partial charge in [0.2, 0.25) is 5.91 Å². The molecular weight excluding hydrogens is 206 g/mol. The van der Waals surface area contributed by atoms with Gasteiger partial charge in [-0.1, -0.05) is 11.8 Å². The highest BCUT2D eigenvalue weighted by Gasteiger charge is 2.08. The second-order valence-corrected chi connectivity index (χ2v) is 4.68. The molecule has 4 N–H and O–H groups in total. The van der Waals surface area contributed by atoms with E-state index in [9.17, 15) is 4.79 Å². The lowest BCUT2D eigenvalue weighted by Crippen LogP contribution is -2.36. The summed E-state index contributed by atoms with van der Waals surface area (Å²) in [5.41, 5.74) is 10.5. The number of thiazole rings is 1. The van der Waals surface area contributed by atoms with Crippen molar-refractivity contribution in [2.45, 2.75) is 16.8 Å². The van der Waals surface area contributed by atoms with Gasteiger partial charge < -0.3 is 11.5 Å². The average Bonchev–Trinajstić information content (AvgIpc) is 2.56. The fourth-order valence-corrected chi connectivity index (χ4v) is 2.43. The summed E-state index contributed by atoms with van der Waals surface area (Å²) in [5.74, 6) is 0.331. The van der Waals surface area contributed by atoms with Crippen molar-refractivity contribution >= 4 is 29.0 Å². The number of nitrogens with two attached hydrogens (primary N) is 2. The lowest BCUT2D eigenvalue weighted by Gasteiger charge is -2.04. The van der Waals surface area contributed by atoms with Crippen LogP contribution in [0.1, 0.15) is 6.42 Å². The summed E-state index contributed by atoms with van der Waals surface area (Å²) < 4.78 is 0.997. The van der Waals surface area contributed by atoms with Gasteiger partial charge in [-0.3, -0.25) is 4.79 Å². The zero-order valence-electron chi connectivity index (χ0n) is 6.97. The van der Waals surface area contributed by atoms with Crippen LogP contribution in [0.2, 0.25) is 0 Å². The predicted octanol–water partition coefficient (Wildman–Crippen LogP) is 0.438. The Balaban J connectivity index is 2.18. The highest BCUT2D eigenvalue weighted by atomic mass is 32.2. The van der Waals surface area contributed by atoms with Crippen molar-refractivity contribution in [3.8, 4) is 0 Å². The number of amides is 1. The van der Waals surface area contributed by atoms with Gasteiger partial charge in [0.05, 0.1) is 6.04 Å². The van der Waals surface area contributed by atoms with E-state index in [4.69, 9.17) is 11.5 Å². The topological polar surface area (TPSA) is 82.0 Å². The van der Waals surface area contributed by atoms with Crippen LogP contribution in [0, 0.1) is 0 Å². The second-order valence-electron chi connectivity index (χ2n) is 2.44. The quantitative estimate of drug-likeness (QED) is 0.701. The Bertz CT molecular complexity index is 263. The van der Waals surface area contributed by atoms with E-state index in [1.807, 2.05) is 5.38 Å². The zero-order valence-corrected chi connectivity index (χ0v) is 8.61. The standard InChI is InChI=1S/C7H11N3OS2/c8-5(6(9)11)1-3-12-7-10-2-4-13-7/h2,4-5H,1,3,8H2,(H2,9,11). The van der Waals surface area contributed by atoms with Crippen LogP contribution in [0.5, 0.6) is 0 Å². The minimum Gasteiger partial charge on any atom is -0.368 e. The van der Waals surface area contributed by atoms with E-state index < -0.39 is 11.9 Å². The van der Waals surface area contributed by atoms with Gasteiger partial charge in [0.15, 0.2) is 0 Å². The summed E-state index contributed by atoms with van der Waals surface area (Å²) in [5, 5.41) is 1.91. The first kappa shape index (κ1) is 10.5. The Kier molecular flexibility index (Phi) is 4.20. The van der Waals surface area contributed by atoms with Crippen LogP contribution >= 0.6 is 23.1 Å². The molecule has 0 spiro atoms. The van der Waals surface area contributed by atoms with Crippen LogP contribution in [-0.2, 0) is 4.79 Å². The third kappa shape index (κ3) is 3.75. The van der Waals surface area contributed by atoms with Crippen LogP contribution < -0.4 is 11.5 Å². The van der Waals surface area contributed by atoms with E-state index >= 15 is 0 Å². The maximum atomic E-state index is 10.6. The van der Waals surface area contributed by atoms with Crippen molar-refractivity contribution < 1.29 is 4.79 Å². The molecule has 0 saturated heterocycles. The monoisotopic (exact) mass is 217 g/mol. The molecule has 0 radical (unpaired) electrons. The molecule has 1 aromatic heterocycles. The van der Waals surface area contributed by atoms with Crippen molar-refractivity contribution in [2.24, 2.45) is 11.5 Å². The molecule has 72 valence electrons. The lowest BCUT2D eigenvalue weighted by molar-refractivity contribution is -0.119. The number of aromatic nitrogens is 1. The largest absolute Gasteiger partial charge is 0.368 e. The summed E-state index contributed by atoms with van der Waals surface area (Å²) in [6.45, 7) is 0. The SMILES string of the molecule is NC(=O)C(N)CCSc1nccs1. The van der Waals surface area contributed by atoms with E-state index in [0.717, 1.165) is 10.1 Å². The van der Waals surface area contributed by atoms with Gasteiger partial charge in [-0.25, -0.2) is 4.98 Å². The van der Waals surface area contributed by atoms with E-state index in [1.54, 1.807) is 29.3 Å². The highest BCUT2D eigenvalue weighted by molar-refractivity contribution is 8.00. The Morgan fingerprint density at radius 3 is 3.08 bits per heavy atom. The van der Waals surface area contributed by atoms with Gasteiger partial charge in [-0.2, -0.15) is 0 Å². The molecule has 1 heterocycles. The number of carbonyl (C=O) groups is 1. The third-order valence-corrected chi connectivity index (χ3v) is 3.43. The molecule has 0 aliphatic rings. The zero-order chi connectivity index (χ0) is 9.68. The molecule has 0 aromatic carbocycles. The normalized spacial score (nSPS) is 12.7. The molecule has 0 fully saturated rings. The summed E-state index contributed by atoms with van der Waals surface area (Å²) in [7, 11) is 0. The number of primary amides is 1. The molecule has 0 aliphatic carbocycles. The predicted molar refractivity (Wildman–Crippen MR) is 54.6 cm³/mol. The maximum absolute atomic E-state index is 10.6. The maximum Gasteiger partial charge on any atom is 0.234 e. The Morgan fingerprint density at radius 2 is 2.54 bits per heavy atom. The van der Waals surface area contributed by atoms with Crippen molar-refractivity contribution in [1.82, 2.24) is 4.98 Å². The number of hydrogen-bond donors (Lipinski definition) is 2. The molecule has 0 aliphatic heterocycles. The van der Waals surface area contributed by atoms with Crippen molar-refractivity contribution in [1.29, 1.82) is 0 Å². The smallest absolute Gasteiger partial charge is 0.234 e. The number of hydrogen-bond acceptors (Lipinski definition) is 5. The fraction of sp³-hybridized carbons (Fsp3) is 0.429. The molecule has 6 heteroatoms. The van der Waals surface area contributed by atoms with E-state index in [1.165, 1.54) is 0 Å². The minimum absolute atomic E-state index is 0.445. The van der Waals surface area contributed by atoms with Crippen LogP contribution in [0.15, 0.2) is 15.9 Å². The molecule has 4 nitrogen and oxygen atoms in total. The summed E-state index contributed by atoms with van der Waals surface area (Å²) in [6.07, 6.45) is 2.35. The van der Waals surface area contributed by atoms with Crippen LogP contribution in [0.3, 0.4) is 0 Å².